The van der Waals surface area contributed by atoms with Gasteiger partial charge in [0.2, 0.25) is 0 Å². The summed E-state index contributed by atoms with van der Waals surface area (Å²) in [6, 6.07) is 44.8. The van der Waals surface area contributed by atoms with Crippen molar-refractivity contribution in [2.24, 2.45) is 0 Å². The molecular formula is C34H22IrN3. The van der Waals surface area contributed by atoms with Crippen molar-refractivity contribution in [3.8, 4) is 56.3 Å². The van der Waals surface area contributed by atoms with Gasteiger partial charge in [0.05, 0.1) is 0 Å². The minimum absolute atomic E-state index is 0. The van der Waals surface area contributed by atoms with Gasteiger partial charge in [-0.1, -0.05) is 53.6 Å². The molecule has 6 rings (SSSR count). The predicted octanol–water partition coefficient (Wildman–Crippen LogP) is 7.99. The van der Waals surface area contributed by atoms with Crippen molar-refractivity contribution in [1.29, 1.82) is 0 Å². The molecule has 38 heavy (non-hydrogen) atoms. The molecular weight excluding hydrogens is 643 g/mol. The van der Waals surface area contributed by atoms with Crippen LogP contribution in [0.25, 0.3) is 56.3 Å². The van der Waals surface area contributed by atoms with Crippen molar-refractivity contribution < 1.29 is 20.1 Å². The average Bonchev–Trinajstić information content (AvgIpc) is 2.98. The maximum atomic E-state index is 4.99. The molecule has 0 spiro atoms. The molecule has 0 aliphatic heterocycles. The molecule has 0 bridgehead atoms. The van der Waals surface area contributed by atoms with E-state index in [2.05, 4.69) is 30.1 Å². The summed E-state index contributed by atoms with van der Waals surface area (Å²) in [5.74, 6) is 0. The zero-order chi connectivity index (χ0) is 25.0. The Hall–Kier alpha value is -4.37. The number of pyridine rings is 3. The van der Waals surface area contributed by atoms with E-state index in [9.17, 15) is 0 Å². The van der Waals surface area contributed by atoms with Crippen molar-refractivity contribution in [3.05, 3.63) is 146 Å². The Morgan fingerprint density at radius 2 is 1.03 bits per heavy atom. The van der Waals surface area contributed by atoms with Crippen LogP contribution in [0.2, 0.25) is 0 Å². The monoisotopic (exact) mass is 665 g/mol. The quantitative estimate of drug-likeness (QED) is 0.176. The van der Waals surface area contributed by atoms with Crippen molar-refractivity contribution in [2.45, 2.75) is 0 Å². The second-order valence-corrected chi connectivity index (χ2v) is 8.62. The number of hydrogen-bond donors (Lipinski definition) is 0. The molecule has 0 saturated heterocycles. The van der Waals surface area contributed by atoms with Crippen LogP contribution in [0.3, 0.4) is 0 Å². The minimum atomic E-state index is 0. The van der Waals surface area contributed by atoms with Crippen LogP contribution in [0.4, 0.5) is 0 Å². The van der Waals surface area contributed by atoms with Crippen LogP contribution >= 0.6 is 0 Å². The zero-order valence-corrected chi connectivity index (χ0v) is 22.8. The van der Waals surface area contributed by atoms with E-state index < -0.39 is 0 Å². The molecule has 0 fully saturated rings. The molecule has 4 heteroatoms. The van der Waals surface area contributed by atoms with E-state index in [-0.39, 0.29) is 20.1 Å². The van der Waals surface area contributed by atoms with Gasteiger partial charge in [0.25, 0.3) is 0 Å². The van der Waals surface area contributed by atoms with Gasteiger partial charge in [-0.2, -0.15) is 12.5 Å². The van der Waals surface area contributed by atoms with E-state index in [4.69, 9.17) is 9.97 Å². The summed E-state index contributed by atoms with van der Waals surface area (Å²) in [6.07, 6.45) is 1.80. The Labute approximate surface area is 236 Å². The standard InChI is InChI=1S/C34H22N3.Ir/c1-24-28(33-17-5-6-22-35-33)15-8-16-29(24)34-21-10-20-32(37-34)27-14-7-13-26(23-27)31-19-9-18-30(36-31)25-11-3-2-4-12-25;/h2-11,13-22H,1H2;/q-3;+3. The third kappa shape index (κ3) is 5.19. The number of aromatic nitrogens is 3. The van der Waals surface area contributed by atoms with E-state index in [1.807, 2.05) is 109 Å². The normalized spacial score (nSPS) is 10.5. The van der Waals surface area contributed by atoms with E-state index in [0.717, 1.165) is 61.9 Å². The van der Waals surface area contributed by atoms with Gasteiger partial charge in [-0.05, 0) is 29.6 Å². The van der Waals surface area contributed by atoms with Gasteiger partial charge in [0.15, 0.2) is 0 Å². The molecule has 0 radical (unpaired) electrons. The first-order valence-corrected chi connectivity index (χ1v) is 12.1. The summed E-state index contributed by atoms with van der Waals surface area (Å²) in [7, 11) is 0. The summed E-state index contributed by atoms with van der Waals surface area (Å²) < 4.78 is 0. The Morgan fingerprint density at radius 1 is 0.500 bits per heavy atom. The molecule has 0 N–H and O–H groups in total. The summed E-state index contributed by atoms with van der Waals surface area (Å²) in [4.78, 5) is 14.4. The molecule has 3 nitrogen and oxygen atoms in total. The molecule has 0 saturated carbocycles. The second-order valence-electron chi connectivity index (χ2n) is 8.62. The predicted molar refractivity (Wildman–Crippen MR) is 149 cm³/mol. The number of nitrogens with zero attached hydrogens (tertiary/aromatic N) is 3. The van der Waals surface area contributed by atoms with Crippen molar-refractivity contribution in [3.63, 3.8) is 0 Å². The first kappa shape index (κ1) is 25.3. The second kappa shape index (κ2) is 11.3. The average molecular weight is 665 g/mol. The summed E-state index contributed by atoms with van der Waals surface area (Å²) in [6.45, 7) is 4.36. The van der Waals surface area contributed by atoms with Gasteiger partial charge in [0.1, 0.15) is 0 Å². The Morgan fingerprint density at radius 3 is 1.68 bits per heavy atom. The SMILES string of the molecule is [CH2-]c1c(-c2ccccn2)cccc1-c1cccc(-c2[c-]c(-c3cccc(-c4[c-]cccc4)n3)ccc2)n1.[Ir+3]. The number of hydrogen-bond acceptors (Lipinski definition) is 3. The topological polar surface area (TPSA) is 38.7 Å². The largest absolute Gasteiger partial charge is 3.00 e. The summed E-state index contributed by atoms with van der Waals surface area (Å²) in [5.41, 5.74) is 10.0. The third-order valence-electron chi connectivity index (χ3n) is 6.22. The van der Waals surface area contributed by atoms with E-state index in [1.54, 1.807) is 6.20 Å². The van der Waals surface area contributed by atoms with Crippen LogP contribution in [-0.4, -0.2) is 15.0 Å². The fourth-order valence-corrected chi connectivity index (χ4v) is 4.38. The Kier molecular flexibility index (Phi) is 7.55. The third-order valence-corrected chi connectivity index (χ3v) is 6.22. The van der Waals surface area contributed by atoms with Gasteiger partial charge in [-0.15, -0.1) is 83.4 Å². The van der Waals surface area contributed by atoms with Crippen molar-refractivity contribution >= 4 is 0 Å². The Bertz CT molecular complexity index is 1680. The molecule has 0 aliphatic rings. The van der Waals surface area contributed by atoms with Crippen LogP contribution in [0, 0.1) is 19.1 Å². The maximum Gasteiger partial charge on any atom is 3.00 e. The molecule has 0 aliphatic carbocycles. The van der Waals surface area contributed by atoms with Gasteiger partial charge in [0, 0.05) is 23.3 Å². The van der Waals surface area contributed by atoms with Crippen LogP contribution in [0.5, 0.6) is 0 Å². The molecule has 6 aromatic rings. The molecule has 0 atom stereocenters. The zero-order valence-electron chi connectivity index (χ0n) is 20.4. The van der Waals surface area contributed by atoms with Gasteiger partial charge < -0.3 is 4.98 Å². The van der Waals surface area contributed by atoms with E-state index in [0.29, 0.717) is 0 Å². The molecule has 3 aromatic heterocycles. The first-order valence-electron chi connectivity index (χ1n) is 12.1. The number of benzene rings is 3. The maximum absolute atomic E-state index is 4.99. The fraction of sp³-hybridized carbons (Fsp3) is 0. The summed E-state index contributed by atoms with van der Waals surface area (Å²) in [5, 5.41) is 0. The van der Waals surface area contributed by atoms with Crippen LogP contribution in [0.1, 0.15) is 5.56 Å². The van der Waals surface area contributed by atoms with Gasteiger partial charge in [-0.3, -0.25) is 9.97 Å². The van der Waals surface area contributed by atoms with Crippen molar-refractivity contribution in [1.82, 2.24) is 15.0 Å². The van der Waals surface area contributed by atoms with Gasteiger partial charge >= 0.3 is 20.1 Å². The first-order chi connectivity index (χ1) is 18.3. The van der Waals surface area contributed by atoms with E-state index in [1.165, 1.54) is 0 Å². The smallest absolute Gasteiger partial charge is 0.335 e. The fourth-order valence-electron chi connectivity index (χ4n) is 4.38. The van der Waals surface area contributed by atoms with Crippen LogP contribution in [0.15, 0.2) is 121 Å². The molecule has 0 amide bonds. The molecule has 0 unspecified atom stereocenters. The van der Waals surface area contributed by atoms with Gasteiger partial charge in [-0.25, -0.2) is 0 Å². The molecule has 182 valence electrons. The molecule has 3 heterocycles. The minimum Gasteiger partial charge on any atom is -0.335 e. The molecule has 3 aromatic carbocycles. The van der Waals surface area contributed by atoms with Crippen molar-refractivity contribution in [2.75, 3.05) is 0 Å². The Balaban J connectivity index is 0.00000294. The van der Waals surface area contributed by atoms with Crippen LogP contribution < -0.4 is 0 Å². The summed E-state index contributed by atoms with van der Waals surface area (Å²) >= 11 is 0. The van der Waals surface area contributed by atoms with E-state index >= 15 is 0 Å². The van der Waals surface area contributed by atoms with Crippen LogP contribution in [-0.2, 0) is 20.1 Å². The number of rotatable bonds is 5.